The lowest BCUT2D eigenvalue weighted by Crippen LogP contribution is -1.95. The van der Waals surface area contributed by atoms with Crippen LogP contribution in [0.15, 0.2) is 146 Å². The lowest BCUT2D eigenvalue weighted by Gasteiger charge is -2.13. The van der Waals surface area contributed by atoms with Crippen molar-refractivity contribution >= 4 is 70.9 Å². The minimum atomic E-state index is 0.973. The standard InChI is InChI=1S/C39H24N4/c1-3-11-25(12-4-1)42-33-18-10-8-16-28(33)37-35(42)20-19-34-38(37)30-23-29-27-15-7-9-17-32(27)43(26-13-5-2-6-14-26)36(29)24-31(30)39-40-21-22-41(34)39/h1-24H. The van der Waals surface area contributed by atoms with Crippen LogP contribution in [-0.2, 0) is 0 Å². The summed E-state index contributed by atoms with van der Waals surface area (Å²) in [6.45, 7) is 0. The van der Waals surface area contributed by atoms with Crippen molar-refractivity contribution in [2.24, 2.45) is 0 Å². The van der Waals surface area contributed by atoms with E-state index in [9.17, 15) is 0 Å². The summed E-state index contributed by atoms with van der Waals surface area (Å²) in [5.41, 5.74) is 9.24. The predicted molar refractivity (Wildman–Crippen MR) is 179 cm³/mol. The molecular formula is C39H24N4. The fraction of sp³-hybridized carbons (Fsp3) is 0. The van der Waals surface area contributed by atoms with E-state index in [4.69, 9.17) is 4.98 Å². The van der Waals surface area contributed by atoms with Gasteiger partial charge in [-0.25, -0.2) is 4.98 Å². The van der Waals surface area contributed by atoms with Crippen molar-refractivity contribution in [2.45, 2.75) is 0 Å². The van der Waals surface area contributed by atoms with Crippen LogP contribution < -0.4 is 0 Å². The quantitative estimate of drug-likeness (QED) is 0.198. The Labute approximate surface area is 246 Å². The van der Waals surface area contributed by atoms with E-state index in [-0.39, 0.29) is 0 Å². The second-order valence-electron chi connectivity index (χ2n) is 11.3. The van der Waals surface area contributed by atoms with Gasteiger partial charge < -0.3 is 9.13 Å². The van der Waals surface area contributed by atoms with E-state index in [0.717, 1.165) is 27.9 Å². The van der Waals surface area contributed by atoms with Gasteiger partial charge in [-0.1, -0.05) is 72.8 Å². The van der Waals surface area contributed by atoms with Crippen molar-refractivity contribution in [1.29, 1.82) is 0 Å². The van der Waals surface area contributed by atoms with Crippen molar-refractivity contribution in [2.75, 3.05) is 0 Å². The van der Waals surface area contributed by atoms with Crippen LogP contribution in [0.2, 0.25) is 0 Å². The Morgan fingerprint density at radius 3 is 1.72 bits per heavy atom. The normalized spacial score (nSPS) is 12.2. The van der Waals surface area contributed by atoms with Gasteiger partial charge in [0.25, 0.3) is 0 Å². The lowest BCUT2D eigenvalue weighted by molar-refractivity contribution is 1.18. The molecule has 200 valence electrons. The molecule has 0 spiro atoms. The van der Waals surface area contributed by atoms with Crippen LogP contribution in [0.25, 0.3) is 82.3 Å². The first-order chi connectivity index (χ1) is 21.4. The van der Waals surface area contributed by atoms with Crippen molar-refractivity contribution in [1.82, 2.24) is 18.5 Å². The molecule has 0 fully saturated rings. The first kappa shape index (κ1) is 22.8. The zero-order valence-electron chi connectivity index (χ0n) is 23.1. The van der Waals surface area contributed by atoms with Crippen LogP contribution in [0.5, 0.6) is 0 Å². The van der Waals surface area contributed by atoms with Crippen LogP contribution >= 0.6 is 0 Å². The summed E-state index contributed by atoms with van der Waals surface area (Å²) in [4.78, 5) is 4.90. The molecule has 6 aromatic carbocycles. The summed E-state index contributed by atoms with van der Waals surface area (Å²) >= 11 is 0. The largest absolute Gasteiger partial charge is 0.309 e. The first-order valence-corrected chi connectivity index (χ1v) is 14.7. The highest BCUT2D eigenvalue weighted by Crippen LogP contribution is 2.43. The van der Waals surface area contributed by atoms with Crippen LogP contribution in [0.3, 0.4) is 0 Å². The lowest BCUT2D eigenvalue weighted by atomic mass is 9.98. The first-order valence-electron chi connectivity index (χ1n) is 14.7. The number of aromatic nitrogens is 4. The second kappa shape index (κ2) is 8.34. The third-order valence-corrected chi connectivity index (χ3v) is 9.07. The summed E-state index contributed by atoms with van der Waals surface area (Å²) in [5, 5.41) is 8.63. The van der Waals surface area contributed by atoms with Gasteiger partial charge in [0, 0.05) is 56.1 Å². The molecule has 10 rings (SSSR count). The van der Waals surface area contributed by atoms with E-state index < -0.39 is 0 Å². The molecule has 0 bridgehead atoms. The van der Waals surface area contributed by atoms with E-state index in [1.807, 2.05) is 6.20 Å². The minimum Gasteiger partial charge on any atom is -0.309 e. The predicted octanol–water partition coefficient (Wildman–Crippen LogP) is 9.83. The summed E-state index contributed by atoms with van der Waals surface area (Å²) in [6.07, 6.45) is 4.01. The average Bonchev–Trinajstić information content (AvgIpc) is 3.77. The molecule has 4 nitrogen and oxygen atoms in total. The molecule has 4 heterocycles. The highest BCUT2D eigenvalue weighted by Gasteiger charge is 2.21. The Morgan fingerprint density at radius 2 is 0.977 bits per heavy atom. The Balaban J connectivity index is 1.47. The molecule has 0 unspecified atom stereocenters. The monoisotopic (exact) mass is 548 g/mol. The van der Waals surface area contributed by atoms with Gasteiger partial charge in [0.1, 0.15) is 5.65 Å². The summed E-state index contributed by atoms with van der Waals surface area (Å²) in [6, 6.07) is 48.2. The van der Waals surface area contributed by atoms with Crippen molar-refractivity contribution in [3.8, 4) is 11.4 Å². The molecule has 0 aliphatic carbocycles. The summed E-state index contributed by atoms with van der Waals surface area (Å²) < 4.78 is 7.04. The van der Waals surface area contributed by atoms with E-state index >= 15 is 0 Å². The topological polar surface area (TPSA) is 27.2 Å². The number of fused-ring (bicyclic) bond motifs is 13. The van der Waals surface area contributed by atoms with E-state index in [0.29, 0.717) is 0 Å². The molecule has 0 aliphatic rings. The molecule has 0 saturated carbocycles. The third kappa shape index (κ3) is 2.97. The van der Waals surface area contributed by atoms with Crippen molar-refractivity contribution in [3.05, 3.63) is 146 Å². The Hall–Kier alpha value is -5.87. The highest BCUT2D eigenvalue weighted by molar-refractivity contribution is 6.31. The minimum absolute atomic E-state index is 0.973. The van der Waals surface area contributed by atoms with Crippen molar-refractivity contribution in [3.63, 3.8) is 0 Å². The summed E-state index contributed by atoms with van der Waals surface area (Å²) in [5.74, 6) is 0. The van der Waals surface area contributed by atoms with E-state index in [1.165, 1.54) is 54.4 Å². The molecule has 0 atom stereocenters. The van der Waals surface area contributed by atoms with E-state index in [1.54, 1.807) is 0 Å². The van der Waals surface area contributed by atoms with Gasteiger partial charge >= 0.3 is 0 Å². The number of rotatable bonds is 2. The average molecular weight is 549 g/mol. The van der Waals surface area contributed by atoms with Crippen LogP contribution in [0, 0.1) is 0 Å². The Bertz CT molecular complexity index is 2710. The molecule has 43 heavy (non-hydrogen) atoms. The smallest absolute Gasteiger partial charge is 0.145 e. The van der Waals surface area contributed by atoms with Crippen LogP contribution in [0.1, 0.15) is 0 Å². The van der Waals surface area contributed by atoms with E-state index in [2.05, 4.69) is 153 Å². The van der Waals surface area contributed by atoms with Gasteiger partial charge in [0.05, 0.1) is 27.6 Å². The molecule has 0 amide bonds. The maximum atomic E-state index is 4.90. The Kier molecular flexibility index (Phi) is 4.42. The number of hydrogen-bond acceptors (Lipinski definition) is 1. The molecule has 0 saturated heterocycles. The fourth-order valence-corrected chi connectivity index (χ4v) is 7.34. The zero-order chi connectivity index (χ0) is 28.1. The van der Waals surface area contributed by atoms with Gasteiger partial charge in [0.2, 0.25) is 0 Å². The molecule has 10 aromatic rings. The third-order valence-electron chi connectivity index (χ3n) is 9.07. The van der Waals surface area contributed by atoms with Crippen LogP contribution in [-0.4, -0.2) is 18.5 Å². The number of para-hydroxylation sites is 4. The SMILES string of the molecule is c1ccc(-n2c3ccccc3c3cc4c(cc32)c2nccn2c2ccc3c(c5ccccc5n3-c3ccccc3)c42)cc1. The number of imidazole rings is 1. The number of benzene rings is 6. The maximum Gasteiger partial charge on any atom is 0.145 e. The van der Waals surface area contributed by atoms with Gasteiger partial charge in [-0.2, -0.15) is 0 Å². The second-order valence-corrected chi connectivity index (χ2v) is 11.3. The zero-order valence-corrected chi connectivity index (χ0v) is 23.1. The van der Waals surface area contributed by atoms with Gasteiger partial charge in [-0.05, 0) is 66.0 Å². The van der Waals surface area contributed by atoms with Gasteiger partial charge in [-0.3, -0.25) is 4.40 Å². The number of hydrogen-bond donors (Lipinski definition) is 0. The molecular weight excluding hydrogens is 524 g/mol. The highest BCUT2D eigenvalue weighted by atomic mass is 15.0. The number of pyridine rings is 1. The molecule has 0 radical (unpaired) electrons. The molecule has 0 aliphatic heterocycles. The molecule has 4 aromatic heterocycles. The Morgan fingerprint density at radius 1 is 0.395 bits per heavy atom. The molecule has 4 heteroatoms. The number of nitrogens with zero attached hydrogens (tertiary/aromatic N) is 4. The maximum absolute atomic E-state index is 4.90. The van der Waals surface area contributed by atoms with Gasteiger partial charge in [-0.15, -0.1) is 0 Å². The van der Waals surface area contributed by atoms with Crippen molar-refractivity contribution < 1.29 is 0 Å². The van der Waals surface area contributed by atoms with Crippen LogP contribution in [0.4, 0.5) is 0 Å². The van der Waals surface area contributed by atoms with Gasteiger partial charge in [0.15, 0.2) is 0 Å². The fourth-order valence-electron chi connectivity index (χ4n) is 7.34. The molecule has 0 N–H and O–H groups in total. The summed E-state index contributed by atoms with van der Waals surface area (Å²) in [7, 11) is 0.